The number of fused-ring (bicyclic) bond motifs is 1. The van der Waals surface area contributed by atoms with Crippen LogP contribution in [0.2, 0.25) is 0 Å². The third-order valence-corrected chi connectivity index (χ3v) is 4.04. The lowest BCUT2D eigenvalue weighted by Crippen LogP contribution is -2.11. The minimum atomic E-state index is -0.357. The van der Waals surface area contributed by atoms with Crippen molar-refractivity contribution < 1.29 is 9.53 Å². The summed E-state index contributed by atoms with van der Waals surface area (Å²) in [6.07, 6.45) is 1.41. The molecule has 3 rings (SSSR count). The van der Waals surface area contributed by atoms with E-state index in [0.717, 1.165) is 23.2 Å². The molecular weight excluding hydrogens is 308 g/mol. The molecule has 2 heterocycles. The average molecular weight is 326 g/mol. The Morgan fingerprint density at radius 1 is 1.21 bits per heavy atom. The fraction of sp³-hybridized carbons (Fsp3) is 0.235. The standard InChI is InChI=1S/C17H18N4O3/c1-9-12(13-14(19-9)20-17(18)21-15(13)22)8-5-10-3-6-11(7-4-10)16(23)24-2/h3-4,6-7H,5,8H2,1-2H3,(H4,18,19,20,21,22). The summed E-state index contributed by atoms with van der Waals surface area (Å²) in [5, 5.41) is 0.549. The molecule has 24 heavy (non-hydrogen) atoms. The largest absolute Gasteiger partial charge is 0.465 e. The maximum Gasteiger partial charge on any atom is 0.337 e. The summed E-state index contributed by atoms with van der Waals surface area (Å²) < 4.78 is 4.68. The third-order valence-electron chi connectivity index (χ3n) is 4.04. The van der Waals surface area contributed by atoms with Crippen molar-refractivity contribution in [1.82, 2.24) is 15.0 Å². The molecule has 7 nitrogen and oxygen atoms in total. The normalized spacial score (nSPS) is 10.9. The number of ether oxygens (including phenoxy) is 1. The molecule has 0 radical (unpaired) electrons. The number of aromatic nitrogens is 3. The van der Waals surface area contributed by atoms with Crippen molar-refractivity contribution in [2.45, 2.75) is 19.8 Å². The first-order valence-electron chi connectivity index (χ1n) is 7.53. The Morgan fingerprint density at radius 2 is 1.92 bits per heavy atom. The number of rotatable bonds is 4. The predicted molar refractivity (Wildman–Crippen MR) is 91.1 cm³/mol. The number of anilines is 1. The smallest absolute Gasteiger partial charge is 0.337 e. The Labute approximate surface area is 137 Å². The first kappa shape index (κ1) is 15.8. The van der Waals surface area contributed by atoms with Crippen molar-refractivity contribution >= 4 is 23.0 Å². The van der Waals surface area contributed by atoms with Gasteiger partial charge in [0.2, 0.25) is 5.95 Å². The van der Waals surface area contributed by atoms with Gasteiger partial charge in [-0.2, -0.15) is 4.98 Å². The van der Waals surface area contributed by atoms with Gasteiger partial charge in [-0.25, -0.2) is 4.79 Å². The Balaban J connectivity index is 1.85. The lowest BCUT2D eigenvalue weighted by molar-refractivity contribution is 0.0600. The summed E-state index contributed by atoms with van der Waals surface area (Å²) >= 11 is 0. The van der Waals surface area contributed by atoms with Crippen LogP contribution in [0.1, 0.15) is 27.2 Å². The first-order chi connectivity index (χ1) is 11.5. The summed E-state index contributed by atoms with van der Waals surface area (Å²) in [6.45, 7) is 1.91. The summed E-state index contributed by atoms with van der Waals surface area (Å²) in [7, 11) is 1.36. The SMILES string of the molecule is COC(=O)c1ccc(CCc2c(C)[nH]c3nc(N)[nH]c(=O)c23)cc1. The Morgan fingerprint density at radius 3 is 2.58 bits per heavy atom. The van der Waals surface area contributed by atoms with Crippen molar-refractivity contribution in [2.75, 3.05) is 12.8 Å². The van der Waals surface area contributed by atoms with Gasteiger partial charge in [-0.15, -0.1) is 0 Å². The predicted octanol–water partition coefficient (Wildman–Crippen LogP) is 1.71. The van der Waals surface area contributed by atoms with E-state index in [4.69, 9.17) is 5.73 Å². The number of carbonyl (C=O) groups is 1. The van der Waals surface area contributed by atoms with Gasteiger partial charge in [0.15, 0.2) is 0 Å². The van der Waals surface area contributed by atoms with Gasteiger partial charge in [0, 0.05) is 5.69 Å². The summed E-state index contributed by atoms with van der Waals surface area (Å²) in [4.78, 5) is 33.4. The van der Waals surface area contributed by atoms with Crippen LogP contribution >= 0.6 is 0 Å². The molecule has 3 aromatic rings. The molecule has 0 aliphatic heterocycles. The summed E-state index contributed by atoms with van der Waals surface area (Å²) in [5.41, 5.74) is 9.25. The molecule has 0 aliphatic rings. The third kappa shape index (κ3) is 2.88. The summed E-state index contributed by atoms with van der Waals surface area (Å²) in [5.74, 6) is -0.261. The number of nitrogens with one attached hydrogen (secondary N) is 2. The molecule has 1 aromatic carbocycles. The van der Waals surface area contributed by atoms with Crippen LogP contribution in [-0.2, 0) is 17.6 Å². The zero-order valence-corrected chi connectivity index (χ0v) is 13.5. The topological polar surface area (TPSA) is 114 Å². The van der Waals surface area contributed by atoms with E-state index >= 15 is 0 Å². The maximum absolute atomic E-state index is 12.2. The number of nitrogens with zero attached hydrogens (tertiary/aromatic N) is 1. The molecule has 4 N–H and O–H groups in total. The van der Waals surface area contributed by atoms with E-state index in [2.05, 4.69) is 19.7 Å². The molecule has 7 heteroatoms. The maximum atomic E-state index is 12.2. The molecule has 0 saturated carbocycles. The van der Waals surface area contributed by atoms with Gasteiger partial charge < -0.3 is 15.5 Å². The molecule has 0 bridgehead atoms. The van der Waals surface area contributed by atoms with Gasteiger partial charge in [0.05, 0.1) is 18.1 Å². The number of aryl methyl sites for hydroxylation is 3. The van der Waals surface area contributed by atoms with Gasteiger partial charge in [-0.3, -0.25) is 9.78 Å². The van der Waals surface area contributed by atoms with Crippen LogP contribution in [0.3, 0.4) is 0 Å². The second kappa shape index (κ2) is 6.19. The van der Waals surface area contributed by atoms with E-state index in [0.29, 0.717) is 23.0 Å². The number of nitrogen functional groups attached to an aromatic ring is 1. The molecule has 0 unspecified atom stereocenters. The number of hydrogen-bond acceptors (Lipinski definition) is 5. The van der Waals surface area contributed by atoms with Crippen molar-refractivity contribution in [1.29, 1.82) is 0 Å². The van der Waals surface area contributed by atoms with Crippen LogP contribution in [-0.4, -0.2) is 28.0 Å². The van der Waals surface area contributed by atoms with E-state index < -0.39 is 0 Å². The van der Waals surface area contributed by atoms with Crippen molar-refractivity contribution in [3.8, 4) is 0 Å². The molecule has 124 valence electrons. The Kier molecular flexibility index (Phi) is 4.07. The van der Waals surface area contributed by atoms with Crippen molar-refractivity contribution in [2.24, 2.45) is 0 Å². The number of hydrogen-bond donors (Lipinski definition) is 3. The quantitative estimate of drug-likeness (QED) is 0.632. The van der Waals surface area contributed by atoms with Gasteiger partial charge in [-0.1, -0.05) is 12.1 Å². The molecule has 0 atom stereocenters. The molecular formula is C17H18N4O3. The van der Waals surface area contributed by atoms with E-state index in [1.165, 1.54) is 7.11 Å². The molecule has 0 aliphatic carbocycles. The molecule has 2 aromatic heterocycles. The Hall–Kier alpha value is -3.09. The average Bonchev–Trinajstić information content (AvgIpc) is 2.88. The number of H-pyrrole nitrogens is 2. The highest BCUT2D eigenvalue weighted by molar-refractivity contribution is 5.89. The lowest BCUT2D eigenvalue weighted by atomic mass is 10.0. The minimum absolute atomic E-state index is 0.0960. The van der Waals surface area contributed by atoms with Gasteiger partial charge in [0.25, 0.3) is 5.56 Å². The number of aromatic amines is 2. The van der Waals surface area contributed by atoms with Gasteiger partial charge in [-0.05, 0) is 43.0 Å². The van der Waals surface area contributed by atoms with Crippen LogP contribution in [0.25, 0.3) is 11.0 Å². The van der Waals surface area contributed by atoms with Crippen LogP contribution in [0.4, 0.5) is 5.95 Å². The molecule has 0 spiro atoms. The number of carbonyl (C=O) groups excluding carboxylic acids is 1. The van der Waals surface area contributed by atoms with E-state index in [9.17, 15) is 9.59 Å². The lowest BCUT2D eigenvalue weighted by Gasteiger charge is -2.04. The monoisotopic (exact) mass is 326 g/mol. The number of methoxy groups -OCH3 is 1. The van der Waals surface area contributed by atoms with Crippen molar-refractivity contribution in [3.63, 3.8) is 0 Å². The Bertz CT molecular complexity index is 954. The van der Waals surface area contributed by atoms with Crippen LogP contribution in [0.15, 0.2) is 29.1 Å². The van der Waals surface area contributed by atoms with Crippen LogP contribution < -0.4 is 11.3 Å². The number of esters is 1. The van der Waals surface area contributed by atoms with Crippen LogP contribution in [0, 0.1) is 6.92 Å². The molecule has 0 saturated heterocycles. The zero-order chi connectivity index (χ0) is 17.3. The zero-order valence-electron chi connectivity index (χ0n) is 13.5. The second-order valence-electron chi connectivity index (χ2n) is 5.59. The highest BCUT2D eigenvalue weighted by Gasteiger charge is 2.14. The second-order valence-corrected chi connectivity index (χ2v) is 5.59. The van der Waals surface area contributed by atoms with Gasteiger partial charge >= 0.3 is 5.97 Å². The fourth-order valence-electron chi connectivity index (χ4n) is 2.81. The fourth-order valence-corrected chi connectivity index (χ4v) is 2.81. The number of nitrogens with two attached hydrogens (primary N) is 1. The highest BCUT2D eigenvalue weighted by Crippen LogP contribution is 2.20. The molecule has 0 amide bonds. The summed E-state index contributed by atoms with van der Waals surface area (Å²) in [6, 6.07) is 7.24. The van der Waals surface area contributed by atoms with Gasteiger partial charge in [0.1, 0.15) is 5.65 Å². The highest BCUT2D eigenvalue weighted by atomic mass is 16.5. The molecule has 0 fully saturated rings. The number of benzene rings is 1. The van der Waals surface area contributed by atoms with Crippen LogP contribution in [0.5, 0.6) is 0 Å². The van der Waals surface area contributed by atoms with E-state index in [-0.39, 0.29) is 17.5 Å². The van der Waals surface area contributed by atoms with E-state index in [1.54, 1.807) is 12.1 Å². The first-order valence-corrected chi connectivity index (χ1v) is 7.53. The van der Waals surface area contributed by atoms with Crippen molar-refractivity contribution in [3.05, 3.63) is 57.0 Å². The minimum Gasteiger partial charge on any atom is -0.465 e. The van der Waals surface area contributed by atoms with E-state index in [1.807, 2.05) is 19.1 Å².